The van der Waals surface area contributed by atoms with Crippen molar-refractivity contribution in [2.24, 2.45) is 0 Å². The van der Waals surface area contributed by atoms with Crippen molar-refractivity contribution < 1.29 is 14.9 Å². The Kier molecular flexibility index (Phi) is 2.03. The number of hydrogen-bond acceptors (Lipinski definition) is 3. The molecule has 4 aromatic rings. The minimum Gasteiger partial charge on any atom is -0.387 e. The highest BCUT2D eigenvalue weighted by Gasteiger charge is 2.54. The van der Waals surface area contributed by atoms with Crippen LogP contribution in [0.4, 0.5) is 0 Å². The molecule has 1 aliphatic heterocycles. The van der Waals surface area contributed by atoms with Gasteiger partial charge in [0.15, 0.2) is 0 Å². The molecule has 0 aromatic heterocycles. The Morgan fingerprint density at radius 1 is 0.826 bits per heavy atom. The second-order valence-corrected chi connectivity index (χ2v) is 6.69. The van der Waals surface area contributed by atoms with Gasteiger partial charge in [0.2, 0.25) is 0 Å². The van der Waals surface area contributed by atoms with Gasteiger partial charge < -0.3 is 14.9 Å². The van der Waals surface area contributed by atoms with Gasteiger partial charge in [0.25, 0.3) is 0 Å². The number of hydrogen-bond donors (Lipinski definition) is 2. The molecule has 2 aliphatic rings. The Bertz CT molecular complexity index is 1080. The van der Waals surface area contributed by atoms with Crippen LogP contribution < -0.4 is 0 Å². The summed E-state index contributed by atoms with van der Waals surface area (Å²) in [6.07, 6.45) is -2.07. The third-order valence-corrected chi connectivity index (χ3v) is 5.51. The van der Waals surface area contributed by atoms with E-state index in [1.165, 1.54) is 26.9 Å². The molecule has 2 N–H and O–H groups in total. The van der Waals surface area contributed by atoms with Gasteiger partial charge in [0.05, 0.1) is 0 Å². The molecular weight excluding hydrogens is 288 g/mol. The average molecular weight is 302 g/mol. The Morgan fingerprint density at radius 2 is 1.57 bits per heavy atom. The first-order valence-electron chi connectivity index (χ1n) is 7.96. The van der Waals surface area contributed by atoms with Crippen LogP contribution in [0.3, 0.4) is 0 Å². The van der Waals surface area contributed by atoms with E-state index in [4.69, 9.17) is 4.74 Å². The topological polar surface area (TPSA) is 53.0 Å². The van der Waals surface area contributed by atoms with Crippen LogP contribution in [0.5, 0.6) is 0 Å². The van der Waals surface area contributed by atoms with Gasteiger partial charge in [-0.1, -0.05) is 42.5 Å². The standard InChI is InChI=1S/C20H14O3/c21-17-16-12-7-6-10-3-1-2-9-4-5-11(15(12)14(9)10)8-13(16)19-20(23-19)18(17)22/h1-8,17-22H/t17-,18+,19?,20?/m0/s1. The molecule has 3 nitrogen and oxygen atoms in total. The lowest BCUT2D eigenvalue weighted by molar-refractivity contribution is 0.000843. The van der Waals surface area contributed by atoms with Gasteiger partial charge >= 0.3 is 0 Å². The number of fused-ring (bicyclic) bond motifs is 4. The zero-order chi connectivity index (χ0) is 15.3. The molecule has 0 saturated carbocycles. The molecule has 3 heteroatoms. The van der Waals surface area contributed by atoms with Crippen molar-refractivity contribution in [3.63, 3.8) is 0 Å². The van der Waals surface area contributed by atoms with Crippen molar-refractivity contribution in [3.05, 3.63) is 59.7 Å². The summed E-state index contributed by atoms with van der Waals surface area (Å²) in [6.45, 7) is 0. The molecule has 112 valence electrons. The summed E-state index contributed by atoms with van der Waals surface area (Å²) in [5.41, 5.74) is 1.86. The van der Waals surface area contributed by atoms with Crippen LogP contribution in [0.15, 0.2) is 48.5 Å². The smallest absolute Gasteiger partial charge is 0.118 e. The summed E-state index contributed by atoms with van der Waals surface area (Å²) < 4.78 is 5.60. The molecule has 1 aliphatic carbocycles. The van der Waals surface area contributed by atoms with Gasteiger partial charge in [-0.25, -0.2) is 0 Å². The SMILES string of the molecule is O[C@H]1c2c(cc3ccc4cccc5ccc2c3c45)C2OC2[C@@H]1O. The fraction of sp³-hybridized carbons (Fsp3) is 0.200. The minimum absolute atomic E-state index is 0.0784. The van der Waals surface area contributed by atoms with E-state index in [0.29, 0.717) is 0 Å². The molecule has 0 bridgehead atoms. The predicted octanol–water partition coefficient (Wildman–Crippen LogP) is 3.43. The fourth-order valence-electron chi connectivity index (χ4n) is 4.40. The summed E-state index contributed by atoms with van der Waals surface area (Å²) in [6, 6.07) is 16.9. The maximum absolute atomic E-state index is 10.6. The number of rotatable bonds is 0. The van der Waals surface area contributed by atoms with Gasteiger partial charge in [-0.05, 0) is 49.5 Å². The number of benzene rings is 4. The highest BCUT2D eigenvalue weighted by atomic mass is 16.6. The van der Waals surface area contributed by atoms with Crippen LogP contribution in [-0.2, 0) is 4.74 Å². The maximum Gasteiger partial charge on any atom is 0.118 e. The predicted molar refractivity (Wildman–Crippen MR) is 88.7 cm³/mol. The summed E-state index contributed by atoms with van der Waals surface area (Å²) in [5, 5.41) is 27.9. The molecule has 1 saturated heterocycles. The largest absolute Gasteiger partial charge is 0.387 e. The summed E-state index contributed by atoms with van der Waals surface area (Å²) in [7, 11) is 0. The lowest BCUT2D eigenvalue weighted by Crippen LogP contribution is -2.29. The normalized spacial score (nSPS) is 29.1. The van der Waals surface area contributed by atoms with E-state index < -0.39 is 12.2 Å². The second-order valence-electron chi connectivity index (χ2n) is 6.69. The zero-order valence-corrected chi connectivity index (χ0v) is 12.2. The van der Waals surface area contributed by atoms with Gasteiger partial charge in [-0.2, -0.15) is 0 Å². The number of epoxide rings is 1. The third-order valence-electron chi connectivity index (χ3n) is 5.51. The molecule has 23 heavy (non-hydrogen) atoms. The maximum atomic E-state index is 10.6. The van der Waals surface area contributed by atoms with Crippen LogP contribution in [0.1, 0.15) is 23.3 Å². The molecule has 0 spiro atoms. The molecular formula is C20H14O3. The third kappa shape index (κ3) is 1.36. The molecule has 0 amide bonds. The Morgan fingerprint density at radius 3 is 2.39 bits per heavy atom. The summed E-state index contributed by atoms with van der Waals surface area (Å²) in [4.78, 5) is 0. The lowest BCUT2D eigenvalue weighted by atomic mass is 9.81. The van der Waals surface area contributed by atoms with Crippen LogP contribution in [-0.4, -0.2) is 22.4 Å². The molecule has 2 unspecified atom stereocenters. The second kappa shape index (κ2) is 3.82. The number of aliphatic hydroxyl groups excluding tert-OH is 2. The van der Waals surface area contributed by atoms with Crippen LogP contribution in [0, 0.1) is 0 Å². The van der Waals surface area contributed by atoms with Crippen molar-refractivity contribution >= 4 is 32.3 Å². The van der Waals surface area contributed by atoms with E-state index in [1.54, 1.807) is 0 Å². The highest BCUT2D eigenvalue weighted by molar-refractivity contribution is 6.23. The van der Waals surface area contributed by atoms with E-state index in [2.05, 4.69) is 48.5 Å². The number of ether oxygens (including phenoxy) is 1. The molecule has 4 aromatic carbocycles. The highest BCUT2D eigenvalue weighted by Crippen LogP contribution is 2.53. The van der Waals surface area contributed by atoms with Gasteiger partial charge in [0.1, 0.15) is 24.4 Å². The minimum atomic E-state index is -0.890. The van der Waals surface area contributed by atoms with Crippen molar-refractivity contribution in [1.82, 2.24) is 0 Å². The van der Waals surface area contributed by atoms with Gasteiger partial charge in [0, 0.05) is 0 Å². The summed E-state index contributed by atoms with van der Waals surface area (Å²) in [5.74, 6) is 0. The van der Waals surface area contributed by atoms with E-state index in [-0.39, 0.29) is 12.2 Å². The monoisotopic (exact) mass is 302 g/mol. The van der Waals surface area contributed by atoms with Gasteiger partial charge in [-0.3, -0.25) is 0 Å². The van der Waals surface area contributed by atoms with E-state index in [9.17, 15) is 10.2 Å². The first-order chi connectivity index (χ1) is 11.2. The Labute approximate surface area is 132 Å². The zero-order valence-electron chi connectivity index (χ0n) is 12.2. The van der Waals surface area contributed by atoms with E-state index in [0.717, 1.165) is 16.5 Å². The van der Waals surface area contributed by atoms with Crippen molar-refractivity contribution in [2.75, 3.05) is 0 Å². The lowest BCUT2D eigenvalue weighted by Gasteiger charge is -2.26. The van der Waals surface area contributed by atoms with Crippen molar-refractivity contribution in [3.8, 4) is 0 Å². The quantitative estimate of drug-likeness (QED) is 0.386. The molecule has 1 fully saturated rings. The van der Waals surface area contributed by atoms with Gasteiger partial charge in [-0.15, -0.1) is 0 Å². The molecule has 0 radical (unpaired) electrons. The molecule has 1 heterocycles. The first-order valence-corrected chi connectivity index (χ1v) is 7.96. The van der Waals surface area contributed by atoms with E-state index >= 15 is 0 Å². The van der Waals surface area contributed by atoms with Crippen LogP contribution >= 0.6 is 0 Å². The van der Waals surface area contributed by atoms with E-state index in [1.807, 2.05) is 0 Å². The fourth-order valence-corrected chi connectivity index (χ4v) is 4.40. The molecule has 4 atom stereocenters. The average Bonchev–Trinajstić information content (AvgIpc) is 3.38. The number of aliphatic hydroxyl groups is 2. The van der Waals surface area contributed by atoms with Crippen molar-refractivity contribution in [1.29, 1.82) is 0 Å². The molecule has 6 rings (SSSR count). The van der Waals surface area contributed by atoms with Crippen LogP contribution in [0.2, 0.25) is 0 Å². The first kappa shape index (κ1) is 12.3. The Balaban J connectivity index is 1.86. The Hall–Kier alpha value is -2.20. The van der Waals surface area contributed by atoms with Crippen LogP contribution in [0.25, 0.3) is 32.3 Å². The van der Waals surface area contributed by atoms with Crippen molar-refractivity contribution in [2.45, 2.75) is 24.4 Å². The summed E-state index contributed by atoms with van der Waals surface area (Å²) >= 11 is 0.